The molecule has 0 aromatic rings. The molecule has 1 N–H and O–H groups in total. The van der Waals surface area contributed by atoms with Crippen LogP contribution in [0.4, 0.5) is 0 Å². The van der Waals surface area contributed by atoms with Gasteiger partial charge in [-0.25, -0.2) is 0 Å². The number of rotatable bonds is 9. The Morgan fingerprint density at radius 1 is 1.33 bits per heavy atom. The third-order valence-electron chi connectivity index (χ3n) is 2.28. The van der Waals surface area contributed by atoms with Gasteiger partial charge in [-0.15, -0.1) is 0 Å². The smallest absolute Gasteiger partial charge is 0.307 e. The van der Waals surface area contributed by atoms with Crippen LogP contribution in [0.5, 0.6) is 0 Å². The summed E-state index contributed by atoms with van der Waals surface area (Å²) < 4.78 is 4.78. The van der Waals surface area contributed by atoms with Crippen molar-refractivity contribution < 1.29 is 14.3 Å². The van der Waals surface area contributed by atoms with Crippen molar-refractivity contribution in [2.75, 3.05) is 32.8 Å². The van der Waals surface area contributed by atoms with E-state index in [0.717, 1.165) is 5.57 Å². The minimum atomic E-state index is -0.244. The van der Waals surface area contributed by atoms with Gasteiger partial charge in [-0.05, 0) is 20.8 Å². The number of hydrogen-bond donors (Lipinski definition) is 1. The Hall–Kier alpha value is -1.36. The van der Waals surface area contributed by atoms with Crippen LogP contribution in [-0.2, 0) is 14.3 Å². The summed E-state index contributed by atoms with van der Waals surface area (Å²) in [6.07, 6.45) is 0.285. The van der Waals surface area contributed by atoms with E-state index in [1.54, 1.807) is 11.8 Å². The highest BCUT2D eigenvalue weighted by atomic mass is 16.5. The van der Waals surface area contributed by atoms with E-state index in [9.17, 15) is 9.59 Å². The first kappa shape index (κ1) is 16.6. The molecule has 0 bridgehead atoms. The number of nitrogens with zero attached hydrogens (tertiary/aromatic N) is 1. The summed E-state index contributed by atoms with van der Waals surface area (Å²) in [5.41, 5.74) is 0.955. The fourth-order valence-corrected chi connectivity index (χ4v) is 1.43. The summed E-state index contributed by atoms with van der Waals surface area (Å²) in [7, 11) is 0. The van der Waals surface area contributed by atoms with Crippen molar-refractivity contribution in [3.8, 4) is 0 Å². The summed E-state index contributed by atoms with van der Waals surface area (Å²) in [4.78, 5) is 24.6. The highest BCUT2D eigenvalue weighted by Crippen LogP contribution is 1.96. The Morgan fingerprint density at radius 2 is 2.00 bits per heavy atom. The topological polar surface area (TPSA) is 58.6 Å². The molecule has 0 aliphatic carbocycles. The van der Waals surface area contributed by atoms with Crippen LogP contribution in [0.25, 0.3) is 0 Å². The van der Waals surface area contributed by atoms with Gasteiger partial charge in [0.05, 0.1) is 19.6 Å². The van der Waals surface area contributed by atoms with Crippen molar-refractivity contribution in [2.24, 2.45) is 0 Å². The molecule has 104 valence electrons. The maximum atomic E-state index is 11.8. The Balaban J connectivity index is 3.81. The number of carbonyl (C=O) groups is 2. The molecular formula is C13H24N2O3. The van der Waals surface area contributed by atoms with E-state index in [2.05, 4.69) is 11.9 Å². The molecule has 0 atom stereocenters. The second kappa shape index (κ2) is 9.65. The number of nitrogens with one attached hydrogen (secondary N) is 1. The van der Waals surface area contributed by atoms with Crippen LogP contribution >= 0.6 is 0 Å². The van der Waals surface area contributed by atoms with Gasteiger partial charge < -0.3 is 15.0 Å². The van der Waals surface area contributed by atoms with E-state index in [1.807, 2.05) is 13.8 Å². The largest absolute Gasteiger partial charge is 0.466 e. The quantitative estimate of drug-likeness (QED) is 0.379. The minimum Gasteiger partial charge on any atom is -0.466 e. The van der Waals surface area contributed by atoms with E-state index >= 15 is 0 Å². The van der Waals surface area contributed by atoms with E-state index in [0.29, 0.717) is 26.2 Å². The Morgan fingerprint density at radius 3 is 2.50 bits per heavy atom. The van der Waals surface area contributed by atoms with Gasteiger partial charge >= 0.3 is 5.97 Å². The first-order valence-electron chi connectivity index (χ1n) is 6.29. The molecule has 0 radical (unpaired) electrons. The maximum Gasteiger partial charge on any atom is 0.307 e. The molecule has 18 heavy (non-hydrogen) atoms. The van der Waals surface area contributed by atoms with Crippen LogP contribution in [-0.4, -0.2) is 49.6 Å². The van der Waals surface area contributed by atoms with Gasteiger partial charge in [-0.1, -0.05) is 12.2 Å². The second-order valence-corrected chi connectivity index (χ2v) is 4.10. The van der Waals surface area contributed by atoms with Gasteiger partial charge in [0.1, 0.15) is 0 Å². The third-order valence-corrected chi connectivity index (χ3v) is 2.28. The van der Waals surface area contributed by atoms with Crippen molar-refractivity contribution >= 4 is 11.9 Å². The predicted octanol–water partition coefficient (Wildman–Crippen LogP) is 0.954. The highest BCUT2D eigenvalue weighted by molar-refractivity contribution is 5.78. The molecule has 0 heterocycles. The van der Waals surface area contributed by atoms with Crippen molar-refractivity contribution in [1.82, 2.24) is 10.2 Å². The normalized spacial score (nSPS) is 9.94. The Kier molecular flexibility index (Phi) is 8.92. The lowest BCUT2D eigenvalue weighted by Gasteiger charge is -2.21. The fourth-order valence-electron chi connectivity index (χ4n) is 1.43. The lowest BCUT2D eigenvalue weighted by atomic mass is 10.3. The summed E-state index contributed by atoms with van der Waals surface area (Å²) in [5, 5.41) is 2.94. The Labute approximate surface area is 109 Å². The monoisotopic (exact) mass is 256 g/mol. The molecule has 1 amide bonds. The van der Waals surface area contributed by atoms with Crippen LogP contribution in [0.3, 0.4) is 0 Å². The zero-order valence-corrected chi connectivity index (χ0v) is 11.6. The molecule has 0 spiro atoms. The number of amides is 1. The number of ether oxygens (including phenoxy) is 1. The minimum absolute atomic E-state index is 0.0179. The molecule has 0 aliphatic heterocycles. The third kappa shape index (κ3) is 7.84. The van der Waals surface area contributed by atoms with Crippen LogP contribution in [0, 0.1) is 0 Å². The summed E-state index contributed by atoms with van der Waals surface area (Å²) in [6, 6.07) is 0. The van der Waals surface area contributed by atoms with Gasteiger partial charge in [-0.2, -0.15) is 0 Å². The molecule has 0 aromatic carbocycles. The van der Waals surface area contributed by atoms with Gasteiger partial charge in [0, 0.05) is 19.6 Å². The fraction of sp³-hybridized carbons (Fsp3) is 0.692. The first-order valence-corrected chi connectivity index (χ1v) is 6.29. The molecule has 5 nitrogen and oxygen atoms in total. The average molecular weight is 256 g/mol. The summed E-state index contributed by atoms with van der Waals surface area (Å²) in [6.45, 7) is 11.7. The van der Waals surface area contributed by atoms with Gasteiger partial charge in [0.25, 0.3) is 0 Å². The zero-order valence-electron chi connectivity index (χ0n) is 11.6. The molecule has 0 aromatic heterocycles. The molecule has 0 unspecified atom stereocenters. The summed E-state index contributed by atoms with van der Waals surface area (Å²) >= 11 is 0. The second-order valence-electron chi connectivity index (χ2n) is 4.10. The molecule has 0 saturated carbocycles. The first-order chi connectivity index (χ1) is 8.51. The SMILES string of the molecule is C=C(C)CN(CC)C(=O)CNCCC(=O)OCC. The number of carbonyl (C=O) groups excluding carboxylic acids is 2. The van der Waals surface area contributed by atoms with Gasteiger partial charge in [-0.3, -0.25) is 9.59 Å². The number of likely N-dealkylation sites (N-methyl/N-ethyl adjacent to an activating group) is 1. The average Bonchev–Trinajstić information content (AvgIpc) is 2.31. The van der Waals surface area contributed by atoms with Crippen molar-refractivity contribution in [1.29, 1.82) is 0 Å². The molecule has 0 saturated heterocycles. The van der Waals surface area contributed by atoms with Crippen LogP contribution in [0.2, 0.25) is 0 Å². The maximum absolute atomic E-state index is 11.8. The molecule has 0 fully saturated rings. The van der Waals surface area contributed by atoms with E-state index in [-0.39, 0.29) is 24.8 Å². The lowest BCUT2D eigenvalue weighted by Crippen LogP contribution is -2.39. The van der Waals surface area contributed by atoms with Crippen molar-refractivity contribution in [3.05, 3.63) is 12.2 Å². The predicted molar refractivity (Wildman–Crippen MR) is 71.2 cm³/mol. The standard InChI is InChI=1S/C13H24N2O3/c1-5-15(10-11(3)4)12(16)9-14-8-7-13(17)18-6-2/h14H,3,5-10H2,1-2,4H3. The van der Waals surface area contributed by atoms with Crippen LogP contribution < -0.4 is 5.32 Å². The zero-order chi connectivity index (χ0) is 14.0. The van der Waals surface area contributed by atoms with Crippen LogP contribution in [0.15, 0.2) is 12.2 Å². The van der Waals surface area contributed by atoms with Gasteiger partial charge in [0.2, 0.25) is 5.91 Å². The summed E-state index contributed by atoms with van der Waals surface area (Å²) in [5.74, 6) is -0.226. The molecule has 5 heteroatoms. The highest BCUT2D eigenvalue weighted by Gasteiger charge is 2.11. The molecular weight excluding hydrogens is 232 g/mol. The molecule has 0 aliphatic rings. The van der Waals surface area contributed by atoms with Crippen LogP contribution in [0.1, 0.15) is 27.2 Å². The van der Waals surface area contributed by atoms with E-state index in [1.165, 1.54) is 0 Å². The molecule has 0 rings (SSSR count). The van der Waals surface area contributed by atoms with E-state index < -0.39 is 0 Å². The van der Waals surface area contributed by atoms with Crippen molar-refractivity contribution in [2.45, 2.75) is 27.2 Å². The lowest BCUT2D eigenvalue weighted by molar-refractivity contribution is -0.143. The van der Waals surface area contributed by atoms with Gasteiger partial charge in [0.15, 0.2) is 0 Å². The van der Waals surface area contributed by atoms with Crippen molar-refractivity contribution in [3.63, 3.8) is 0 Å². The number of esters is 1. The number of hydrogen-bond acceptors (Lipinski definition) is 4. The Bertz CT molecular complexity index is 290. The van der Waals surface area contributed by atoms with E-state index in [4.69, 9.17) is 4.74 Å².